The molecule has 13 heteroatoms. The SMILES string of the molecule is CC[C@H](C)[C@H](NC(=O)CN)C(=O)N[C@H](C(=O)NCC(=O)N1CCC[C@H]1C(=O)N[C@@H](CC(C)C)C(=O)O)C(C)C. The van der Waals surface area contributed by atoms with Gasteiger partial charge in [-0.3, -0.25) is 24.0 Å². The molecule has 222 valence electrons. The molecule has 1 aliphatic rings. The molecule has 0 aliphatic carbocycles. The summed E-state index contributed by atoms with van der Waals surface area (Å²) in [6, 6.07) is -3.74. The summed E-state index contributed by atoms with van der Waals surface area (Å²) in [7, 11) is 0. The van der Waals surface area contributed by atoms with Gasteiger partial charge in [0.1, 0.15) is 24.2 Å². The van der Waals surface area contributed by atoms with Gasteiger partial charge in [0, 0.05) is 6.54 Å². The Hall–Kier alpha value is -3.22. The summed E-state index contributed by atoms with van der Waals surface area (Å²) in [5.41, 5.74) is 5.37. The van der Waals surface area contributed by atoms with Crippen LogP contribution in [0.25, 0.3) is 0 Å². The first kappa shape index (κ1) is 33.8. The Morgan fingerprint density at radius 2 is 1.59 bits per heavy atom. The lowest BCUT2D eigenvalue weighted by molar-refractivity contribution is -0.144. The van der Waals surface area contributed by atoms with E-state index in [1.54, 1.807) is 20.8 Å². The second-order valence-corrected chi connectivity index (χ2v) is 10.9. The average molecular weight is 555 g/mol. The minimum absolute atomic E-state index is 0.0507. The molecule has 0 unspecified atom stereocenters. The van der Waals surface area contributed by atoms with E-state index < -0.39 is 66.2 Å². The molecule has 1 heterocycles. The van der Waals surface area contributed by atoms with Crippen molar-refractivity contribution in [2.75, 3.05) is 19.6 Å². The highest BCUT2D eigenvalue weighted by molar-refractivity contribution is 5.95. The number of carbonyl (C=O) groups excluding carboxylic acids is 5. The summed E-state index contributed by atoms with van der Waals surface area (Å²) in [6.45, 7) is 10.5. The van der Waals surface area contributed by atoms with Crippen LogP contribution in [-0.2, 0) is 28.8 Å². The van der Waals surface area contributed by atoms with Gasteiger partial charge >= 0.3 is 5.97 Å². The van der Waals surface area contributed by atoms with Gasteiger partial charge in [-0.05, 0) is 37.0 Å². The average Bonchev–Trinajstić information content (AvgIpc) is 3.37. The minimum atomic E-state index is -1.14. The van der Waals surface area contributed by atoms with E-state index in [2.05, 4.69) is 21.3 Å². The van der Waals surface area contributed by atoms with Crippen molar-refractivity contribution in [1.29, 1.82) is 0 Å². The van der Waals surface area contributed by atoms with E-state index in [-0.39, 0.29) is 30.7 Å². The maximum absolute atomic E-state index is 13.0. The van der Waals surface area contributed by atoms with Crippen LogP contribution in [0.1, 0.15) is 67.2 Å². The van der Waals surface area contributed by atoms with E-state index in [9.17, 15) is 33.9 Å². The molecule has 7 N–H and O–H groups in total. The lowest BCUT2D eigenvalue weighted by Crippen LogP contribution is -2.58. The van der Waals surface area contributed by atoms with Crippen LogP contribution in [0.15, 0.2) is 0 Å². The number of nitrogens with one attached hydrogen (secondary N) is 4. The van der Waals surface area contributed by atoms with Gasteiger partial charge in [0.2, 0.25) is 29.5 Å². The zero-order valence-corrected chi connectivity index (χ0v) is 23.9. The van der Waals surface area contributed by atoms with Crippen molar-refractivity contribution >= 4 is 35.5 Å². The van der Waals surface area contributed by atoms with E-state index >= 15 is 0 Å². The predicted octanol–water partition coefficient (Wildman–Crippen LogP) is -0.660. The summed E-state index contributed by atoms with van der Waals surface area (Å²) in [5, 5.41) is 19.8. The summed E-state index contributed by atoms with van der Waals surface area (Å²) in [5.74, 6) is -4.26. The Bertz CT molecular complexity index is 894. The third-order valence-electron chi connectivity index (χ3n) is 6.86. The summed E-state index contributed by atoms with van der Waals surface area (Å²) in [6.07, 6.45) is 1.81. The topological polar surface area (TPSA) is 200 Å². The van der Waals surface area contributed by atoms with Gasteiger partial charge in [0.05, 0.1) is 13.1 Å². The fourth-order valence-corrected chi connectivity index (χ4v) is 4.39. The molecule has 0 spiro atoms. The van der Waals surface area contributed by atoms with Gasteiger partial charge in [0.15, 0.2) is 0 Å². The van der Waals surface area contributed by atoms with Crippen molar-refractivity contribution in [3.05, 3.63) is 0 Å². The van der Waals surface area contributed by atoms with Crippen LogP contribution in [-0.4, -0.2) is 89.3 Å². The quantitative estimate of drug-likeness (QED) is 0.153. The van der Waals surface area contributed by atoms with Crippen molar-refractivity contribution in [1.82, 2.24) is 26.2 Å². The van der Waals surface area contributed by atoms with Gasteiger partial charge in [-0.2, -0.15) is 0 Å². The first-order chi connectivity index (χ1) is 18.2. The standard InChI is InChI=1S/C26H46N6O7/c1-7-16(6)22(30-19(33)12-27)25(37)31-21(15(4)5)24(36)28-13-20(34)32-10-8-9-18(32)23(35)29-17(26(38)39)11-14(2)3/h14-18,21-22H,7-13,27H2,1-6H3,(H,28,36)(H,29,35)(H,30,33)(H,31,37)(H,38,39)/t16-,17-,18-,21-,22-/m0/s1. The molecule has 0 aromatic heterocycles. The molecule has 13 nitrogen and oxygen atoms in total. The molecular formula is C26H46N6O7. The summed E-state index contributed by atoms with van der Waals surface area (Å²) >= 11 is 0. The molecule has 0 radical (unpaired) electrons. The molecule has 1 rings (SSSR count). The van der Waals surface area contributed by atoms with Crippen LogP contribution in [0.3, 0.4) is 0 Å². The van der Waals surface area contributed by atoms with E-state index in [0.29, 0.717) is 25.8 Å². The van der Waals surface area contributed by atoms with Crippen LogP contribution in [0.2, 0.25) is 0 Å². The molecule has 1 saturated heterocycles. The van der Waals surface area contributed by atoms with Crippen LogP contribution in [0, 0.1) is 17.8 Å². The monoisotopic (exact) mass is 554 g/mol. The third-order valence-corrected chi connectivity index (χ3v) is 6.86. The molecule has 0 aromatic carbocycles. The lowest BCUT2D eigenvalue weighted by atomic mass is 9.96. The van der Waals surface area contributed by atoms with Gasteiger partial charge < -0.3 is 37.0 Å². The predicted molar refractivity (Wildman–Crippen MR) is 144 cm³/mol. The van der Waals surface area contributed by atoms with Crippen molar-refractivity contribution in [2.45, 2.75) is 91.4 Å². The normalized spacial score (nSPS) is 18.2. The Balaban J connectivity index is 2.83. The molecule has 0 aromatic rings. The minimum Gasteiger partial charge on any atom is -0.480 e. The zero-order chi connectivity index (χ0) is 29.9. The van der Waals surface area contributed by atoms with Crippen molar-refractivity contribution < 1.29 is 33.9 Å². The number of carboxylic acids is 1. The van der Waals surface area contributed by atoms with E-state index in [4.69, 9.17) is 5.73 Å². The molecular weight excluding hydrogens is 508 g/mol. The number of likely N-dealkylation sites (tertiary alicyclic amines) is 1. The molecule has 5 amide bonds. The molecule has 0 saturated carbocycles. The number of aliphatic carboxylic acids is 1. The number of carboxylic acid groups (broad SMARTS) is 1. The van der Waals surface area contributed by atoms with E-state index in [1.807, 2.05) is 20.8 Å². The van der Waals surface area contributed by atoms with Crippen LogP contribution >= 0.6 is 0 Å². The molecule has 1 aliphatic heterocycles. The maximum Gasteiger partial charge on any atom is 0.326 e. The lowest BCUT2D eigenvalue weighted by Gasteiger charge is -2.28. The number of nitrogens with zero attached hydrogens (tertiary/aromatic N) is 1. The summed E-state index contributed by atoms with van der Waals surface area (Å²) in [4.78, 5) is 76.4. The smallest absolute Gasteiger partial charge is 0.326 e. The van der Waals surface area contributed by atoms with E-state index in [1.165, 1.54) is 4.90 Å². The van der Waals surface area contributed by atoms with Gasteiger partial charge in [0.25, 0.3) is 0 Å². The van der Waals surface area contributed by atoms with Crippen LogP contribution < -0.4 is 27.0 Å². The molecule has 39 heavy (non-hydrogen) atoms. The zero-order valence-electron chi connectivity index (χ0n) is 23.9. The van der Waals surface area contributed by atoms with Crippen molar-refractivity contribution in [3.8, 4) is 0 Å². The Kier molecular flexibility index (Phi) is 13.9. The van der Waals surface area contributed by atoms with Crippen molar-refractivity contribution in [3.63, 3.8) is 0 Å². The largest absolute Gasteiger partial charge is 0.480 e. The second kappa shape index (κ2) is 16.0. The Morgan fingerprint density at radius 3 is 2.10 bits per heavy atom. The highest BCUT2D eigenvalue weighted by Crippen LogP contribution is 2.18. The highest BCUT2D eigenvalue weighted by Gasteiger charge is 2.37. The number of rotatable bonds is 15. The Morgan fingerprint density at radius 1 is 0.949 bits per heavy atom. The molecule has 0 bridgehead atoms. The number of hydrogen-bond acceptors (Lipinski definition) is 7. The van der Waals surface area contributed by atoms with E-state index in [0.717, 1.165) is 0 Å². The number of amides is 5. The fraction of sp³-hybridized carbons (Fsp3) is 0.769. The third kappa shape index (κ3) is 10.5. The molecule has 5 atom stereocenters. The number of hydrogen-bond donors (Lipinski definition) is 6. The van der Waals surface area contributed by atoms with Gasteiger partial charge in [-0.15, -0.1) is 0 Å². The van der Waals surface area contributed by atoms with Crippen LogP contribution in [0.4, 0.5) is 0 Å². The summed E-state index contributed by atoms with van der Waals surface area (Å²) < 4.78 is 0. The maximum atomic E-state index is 13.0. The fourth-order valence-electron chi connectivity index (χ4n) is 4.39. The Labute approximate surface area is 230 Å². The van der Waals surface area contributed by atoms with Crippen LogP contribution in [0.5, 0.6) is 0 Å². The highest BCUT2D eigenvalue weighted by atomic mass is 16.4. The second-order valence-electron chi connectivity index (χ2n) is 10.9. The first-order valence-electron chi connectivity index (χ1n) is 13.6. The van der Waals surface area contributed by atoms with Gasteiger partial charge in [-0.1, -0.05) is 48.0 Å². The number of carbonyl (C=O) groups is 6. The molecule has 1 fully saturated rings. The van der Waals surface area contributed by atoms with Gasteiger partial charge in [-0.25, -0.2) is 4.79 Å². The number of nitrogens with two attached hydrogens (primary N) is 1. The van der Waals surface area contributed by atoms with Crippen molar-refractivity contribution in [2.24, 2.45) is 23.5 Å². The first-order valence-corrected chi connectivity index (χ1v) is 13.6.